The molecule has 11 heteroatoms. The largest absolute Gasteiger partial charge is 0.465 e. The summed E-state index contributed by atoms with van der Waals surface area (Å²) in [7, 11) is 0. The van der Waals surface area contributed by atoms with Crippen molar-refractivity contribution in [1.29, 1.82) is 0 Å². The number of aliphatic hydroxyl groups is 1. The number of anilines is 2. The first kappa shape index (κ1) is 26.2. The van der Waals surface area contributed by atoms with Gasteiger partial charge in [0.25, 0.3) is 5.91 Å². The van der Waals surface area contributed by atoms with Crippen LogP contribution in [-0.2, 0) is 21.7 Å². The molecule has 8 nitrogen and oxygen atoms in total. The van der Waals surface area contributed by atoms with Crippen molar-refractivity contribution in [3.05, 3.63) is 64.9 Å². The third kappa shape index (κ3) is 6.59. The van der Waals surface area contributed by atoms with Gasteiger partial charge in [0.1, 0.15) is 22.5 Å². The van der Waals surface area contributed by atoms with Gasteiger partial charge in [0.05, 0.1) is 35.6 Å². The molecule has 0 aliphatic rings. The minimum Gasteiger partial charge on any atom is -0.465 e. The van der Waals surface area contributed by atoms with Gasteiger partial charge in [0.15, 0.2) is 0 Å². The standard InChI is InChI=1S/C24H26F2N4O4S/c1-4-34-20(31)12-28-11-14-6-5-7-19(29-14)30-23-15(22(27)32)10-18(35-23)21-16(25)8-13(9-17(21)26)24(2,3)33/h5-10,28,33H,4,11-12H2,1-3H3,(H2,27,32)(H,29,30). The molecular weight excluding hydrogens is 478 g/mol. The molecule has 1 amide bonds. The summed E-state index contributed by atoms with van der Waals surface area (Å²) in [5.41, 5.74) is 4.47. The molecule has 0 aliphatic heterocycles. The van der Waals surface area contributed by atoms with Crippen molar-refractivity contribution in [1.82, 2.24) is 10.3 Å². The fourth-order valence-electron chi connectivity index (χ4n) is 3.22. The summed E-state index contributed by atoms with van der Waals surface area (Å²) in [4.78, 5) is 28.0. The van der Waals surface area contributed by atoms with E-state index in [0.29, 0.717) is 18.1 Å². The Kier molecular flexibility index (Phi) is 8.15. The van der Waals surface area contributed by atoms with Crippen LogP contribution in [0.3, 0.4) is 0 Å². The molecule has 186 valence electrons. The highest BCUT2D eigenvalue weighted by molar-refractivity contribution is 7.20. The van der Waals surface area contributed by atoms with Gasteiger partial charge >= 0.3 is 5.97 Å². The third-order valence-corrected chi connectivity index (χ3v) is 5.99. The number of thiophene rings is 1. The average molecular weight is 505 g/mol. The molecule has 0 atom stereocenters. The van der Waals surface area contributed by atoms with Crippen LogP contribution in [-0.4, -0.2) is 35.1 Å². The Morgan fingerprint density at radius 2 is 1.89 bits per heavy atom. The first-order chi connectivity index (χ1) is 16.5. The number of nitrogens with two attached hydrogens (primary N) is 1. The van der Waals surface area contributed by atoms with Crippen molar-refractivity contribution in [2.45, 2.75) is 32.9 Å². The number of amides is 1. The number of pyridine rings is 1. The molecule has 2 heterocycles. The van der Waals surface area contributed by atoms with E-state index in [0.717, 1.165) is 23.5 Å². The summed E-state index contributed by atoms with van der Waals surface area (Å²) >= 11 is 0.939. The van der Waals surface area contributed by atoms with E-state index < -0.39 is 23.1 Å². The van der Waals surface area contributed by atoms with E-state index in [1.165, 1.54) is 19.9 Å². The fraction of sp³-hybridized carbons (Fsp3) is 0.292. The number of ether oxygens (including phenoxy) is 1. The Morgan fingerprint density at radius 1 is 1.20 bits per heavy atom. The van der Waals surface area contributed by atoms with Crippen LogP contribution >= 0.6 is 11.3 Å². The Bertz CT molecular complexity index is 1220. The summed E-state index contributed by atoms with van der Waals surface area (Å²) in [6.45, 7) is 5.17. The van der Waals surface area contributed by atoms with Crippen LogP contribution < -0.4 is 16.4 Å². The molecule has 0 saturated carbocycles. The number of carbonyl (C=O) groups is 2. The number of rotatable bonds is 10. The van der Waals surface area contributed by atoms with Gasteiger partial charge in [-0.15, -0.1) is 11.3 Å². The summed E-state index contributed by atoms with van der Waals surface area (Å²) in [6.07, 6.45) is 0. The predicted octanol–water partition coefficient (Wildman–Crippen LogP) is 3.81. The van der Waals surface area contributed by atoms with Gasteiger partial charge in [-0.2, -0.15) is 0 Å². The Morgan fingerprint density at radius 3 is 2.49 bits per heavy atom. The molecule has 0 saturated heterocycles. The number of aromatic nitrogens is 1. The smallest absolute Gasteiger partial charge is 0.319 e. The second-order valence-electron chi connectivity index (χ2n) is 8.14. The molecule has 3 rings (SSSR count). The van der Waals surface area contributed by atoms with Gasteiger partial charge in [-0.3, -0.25) is 9.59 Å². The summed E-state index contributed by atoms with van der Waals surface area (Å²) in [5.74, 6) is -2.54. The maximum absolute atomic E-state index is 14.8. The van der Waals surface area contributed by atoms with Crippen LogP contribution in [0, 0.1) is 11.6 Å². The molecule has 0 aliphatic carbocycles. The molecule has 35 heavy (non-hydrogen) atoms. The van der Waals surface area contributed by atoms with Crippen molar-refractivity contribution in [2.75, 3.05) is 18.5 Å². The number of nitrogens with zero attached hydrogens (tertiary/aromatic N) is 1. The van der Waals surface area contributed by atoms with Crippen molar-refractivity contribution >= 4 is 34.0 Å². The van der Waals surface area contributed by atoms with Crippen LogP contribution in [0.25, 0.3) is 10.4 Å². The van der Waals surface area contributed by atoms with Gasteiger partial charge in [-0.1, -0.05) is 6.07 Å². The van der Waals surface area contributed by atoms with Gasteiger partial charge in [0, 0.05) is 11.4 Å². The summed E-state index contributed by atoms with van der Waals surface area (Å²) in [6, 6.07) is 8.55. The molecule has 2 aromatic heterocycles. The van der Waals surface area contributed by atoms with E-state index in [9.17, 15) is 23.5 Å². The van der Waals surface area contributed by atoms with Crippen LogP contribution in [0.1, 0.15) is 42.4 Å². The number of nitrogens with one attached hydrogen (secondary N) is 2. The van der Waals surface area contributed by atoms with E-state index in [1.54, 1.807) is 25.1 Å². The normalized spacial score (nSPS) is 11.4. The van der Waals surface area contributed by atoms with Gasteiger partial charge in [-0.25, -0.2) is 13.8 Å². The molecule has 0 unspecified atom stereocenters. The van der Waals surface area contributed by atoms with Crippen molar-refractivity contribution in [2.24, 2.45) is 5.73 Å². The zero-order chi connectivity index (χ0) is 25.8. The summed E-state index contributed by atoms with van der Waals surface area (Å²) < 4.78 is 34.5. The second kappa shape index (κ2) is 10.9. The SMILES string of the molecule is CCOC(=O)CNCc1cccc(Nc2sc(-c3c(F)cc(C(C)(C)O)cc3F)cc2C(N)=O)n1. The van der Waals surface area contributed by atoms with E-state index in [2.05, 4.69) is 15.6 Å². The number of carbonyl (C=O) groups excluding carboxylic acids is 2. The lowest BCUT2D eigenvalue weighted by Gasteiger charge is -2.18. The average Bonchev–Trinajstić information content (AvgIpc) is 3.16. The number of primary amides is 1. The van der Waals surface area contributed by atoms with E-state index in [4.69, 9.17) is 10.5 Å². The Hall–Kier alpha value is -3.41. The molecular formula is C24H26F2N4O4S. The van der Waals surface area contributed by atoms with Crippen LogP contribution in [0.4, 0.5) is 19.6 Å². The minimum absolute atomic E-state index is 0.0245. The van der Waals surface area contributed by atoms with Crippen molar-refractivity contribution in [3.8, 4) is 10.4 Å². The maximum atomic E-state index is 14.8. The predicted molar refractivity (Wildman–Crippen MR) is 129 cm³/mol. The molecule has 0 spiro atoms. The molecule has 5 N–H and O–H groups in total. The first-order valence-electron chi connectivity index (χ1n) is 10.7. The summed E-state index contributed by atoms with van der Waals surface area (Å²) in [5, 5.41) is 16.2. The second-order valence-corrected chi connectivity index (χ2v) is 9.19. The van der Waals surface area contributed by atoms with E-state index in [1.807, 2.05) is 0 Å². The minimum atomic E-state index is -1.43. The van der Waals surface area contributed by atoms with Crippen molar-refractivity contribution < 1.29 is 28.2 Å². The topological polar surface area (TPSA) is 127 Å². The third-order valence-electron chi connectivity index (χ3n) is 4.92. The Labute approximate surface area is 205 Å². The molecule has 0 radical (unpaired) electrons. The van der Waals surface area contributed by atoms with Crippen LogP contribution in [0.15, 0.2) is 36.4 Å². The van der Waals surface area contributed by atoms with Crippen LogP contribution in [0.5, 0.6) is 0 Å². The highest BCUT2D eigenvalue weighted by Crippen LogP contribution is 2.40. The monoisotopic (exact) mass is 504 g/mol. The van der Waals surface area contributed by atoms with Gasteiger partial charge < -0.3 is 26.2 Å². The number of esters is 1. The lowest BCUT2D eigenvalue weighted by atomic mass is 9.96. The Balaban J connectivity index is 1.86. The lowest BCUT2D eigenvalue weighted by Crippen LogP contribution is -2.24. The first-order valence-corrected chi connectivity index (χ1v) is 11.6. The zero-order valence-electron chi connectivity index (χ0n) is 19.4. The number of hydrogen-bond donors (Lipinski definition) is 4. The zero-order valence-corrected chi connectivity index (χ0v) is 20.3. The number of hydrogen-bond acceptors (Lipinski definition) is 8. The van der Waals surface area contributed by atoms with Gasteiger partial charge in [-0.05, 0) is 56.7 Å². The lowest BCUT2D eigenvalue weighted by molar-refractivity contribution is -0.142. The number of halogens is 2. The van der Waals surface area contributed by atoms with E-state index in [-0.39, 0.29) is 45.6 Å². The van der Waals surface area contributed by atoms with Crippen LogP contribution in [0.2, 0.25) is 0 Å². The molecule has 1 aromatic carbocycles. The maximum Gasteiger partial charge on any atom is 0.319 e. The van der Waals surface area contributed by atoms with Gasteiger partial charge in [0.2, 0.25) is 0 Å². The highest BCUT2D eigenvalue weighted by Gasteiger charge is 2.24. The quantitative estimate of drug-likeness (QED) is 0.309. The highest BCUT2D eigenvalue weighted by atomic mass is 32.1. The molecule has 0 bridgehead atoms. The molecule has 3 aromatic rings. The number of benzene rings is 1. The van der Waals surface area contributed by atoms with E-state index >= 15 is 0 Å². The fourth-order valence-corrected chi connectivity index (χ4v) is 4.34. The molecule has 0 fully saturated rings. The van der Waals surface area contributed by atoms with Crippen molar-refractivity contribution in [3.63, 3.8) is 0 Å².